The first kappa shape index (κ1) is 19.7. The molecule has 2 aromatic rings. The number of nitrogens with two attached hydrogens (primary N) is 1. The van der Waals surface area contributed by atoms with E-state index in [1.54, 1.807) is 7.11 Å². The molecule has 1 aromatic carbocycles. The molecule has 1 aliphatic rings. The number of nitrogen functional groups attached to an aromatic ring is 1. The smallest absolute Gasteiger partial charge is 0.188 e. The monoisotopic (exact) mass is 368 g/mol. The maximum absolute atomic E-state index is 5.98. The van der Waals surface area contributed by atoms with Crippen LogP contribution in [-0.4, -0.2) is 18.9 Å². The number of methoxy groups -OCH3 is 1. The minimum atomic E-state index is 0.261. The van der Waals surface area contributed by atoms with Gasteiger partial charge in [0.1, 0.15) is 5.75 Å². The third-order valence-corrected chi connectivity index (χ3v) is 5.59. The predicted octanol–water partition coefficient (Wildman–Crippen LogP) is 5.29. The van der Waals surface area contributed by atoms with E-state index < -0.39 is 0 Å². The molecule has 146 valence electrons. The van der Waals surface area contributed by atoms with Gasteiger partial charge >= 0.3 is 0 Å². The number of pyridine rings is 1. The summed E-state index contributed by atoms with van der Waals surface area (Å²) in [6.07, 6.45) is 8.41. The Morgan fingerprint density at radius 2 is 1.70 bits per heavy atom. The molecule has 1 heterocycles. The molecule has 0 atom stereocenters. The summed E-state index contributed by atoms with van der Waals surface area (Å²) in [6, 6.07) is 8.25. The lowest BCUT2D eigenvalue weighted by Crippen LogP contribution is -2.09. The number of anilines is 1. The maximum atomic E-state index is 5.98. The first-order valence-corrected chi connectivity index (χ1v) is 10.1. The van der Waals surface area contributed by atoms with Crippen molar-refractivity contribution in [1.82, 2.24) is 4.98 Å². The van der Waals surface area contributed by atoms with Gasteiger partial charge < -0.3 is 15.2 Å². The average molecular weight is 369 g/mol. The second-order valence-electron chi connectivity index (χ2n) is 7.74. The van der Waals surface area contributed by atoms with E-state index in [0.29, 0.717) is 5.92 Å². The highest BCUT2D eigenvalue weighted by Crippen LogP contribution is 2.36. The van der Waals surface area contributed by atoms with Gasteiger partial charge in [0.2, 0.25) is 0 Å². The summed E-state index contributed by atoms with van der Waals surface area (Å²) in [5.41, 5.74) is 12.8. The molecule has 0 saturated heterocycles. The van der Waals surface area contributed by atoms with Crippen LogP contribution in [0.1, 0.15) is 72.5 Å². The van der Waals surface area contributed by atoms with Crippen molar-refractivity contribution in [1.29, 1.82) is 0 Å². The zero-order valence-corrected chi connectivity index (χ0v) is 16.9. The zero-order chi connectivity index (χ0) is 19.2. The third kappa shape index (κ3) is 5.01. The van der Waals surface area contributed by atoms with Crippen LogP contribution in [0.5, 0.6) is 5.75 Å². The van der Waals surface area contributed by atoms with Crippen LogP contribution in [0.2, 0.25) is 0 Å². The van der Waals surface area contributed by atoms with E-state index in [1.807, 2.05) is 12.1 Å². The standard InChI is InChI=1S/C23H32N2O2/c1-16-12-19(24)13-17(2)21(16)14-20-10-11-22(27-15-26-3)23(25-20)18-8-6-4-5-7-9-18/h10-13,18H,4-9,14-15,24H2,1-3H3. The fraction of sp³-hybridized carbons (Fsp3) is 0.522. The molecule has 3 rings (SSSR count). The van der Waals surface area contributed by atoms with Crippen LogP contribution in [0.15, 0.2) is 24.3 Å². The lowest BCUT2D eigenvalue weighted by atomic mass is 9.94. The molecule has 1 aromatic heterocycles. The SMILES string of the molecule is COCOc1ccc(Cc2c(C)cc(N)cc2C)nc1C1CCCCCC1. The van der Waals surface area contributed by atoms with Crippen molar-refractivity contribution in [3.05, 3.63) is 52.3 Å². The van der Waals surface area contributed by atoms with Crippen LogP contribution in [0, 0.1) is 13.8 Å². The first-order chi connectivity index (χ1) is 13.1. The Hall–Kier alpha value is -2.07. The highest BCUT2D eigenvalue weighted by molar-refractivity contribution is 5.50. The van der Waals surface area contributed by atoms with Crippen molar-refractivity contribution in [2.45, 2.75) is 64.7 Å². The molecular formula is C23H32N2O2. The summed E-state index contributed by atoms with van der Waals surface area (Å²) < 4.78 is 11.0. The second kappa shape index (κ2) is 9.23. The molecule has 0 unspecified atom stereocenters. The van der Waals surface area contributed by atoms with Gasteiger partial charge in [0.15, 0.2) is 6.79 Å². The second-order valence-corrected chi connectivity index (χ2v) is 7.74. The van der Waals surface area contributed by atoms with Crippen LogP contribution in [0.25, 0.3) is 0 Å². The van der Waals surface area contributed by atoms with E-state index >= 15 is 0 Å². The molecule has 0 bridgehead atoms. The summed E-state index contributed by atoms with van der Waals surface area (Å²) >= 11 is 0. The number of nitrogens with zero attached hydrogens (tertiary/aromatic N) is 1. The number of aromatic nitrogens is 1. The third-order valence-electron chi connectivity index (χ3n) is 5.59. The normalized spacial score (nSPS) is 15.5. The minimum Gasteiger partial charge on any atom is -0.466 e. The molecule has 1 fully saturated rings. The Morgan fingerprint density at radius 3 is 2.33 bits per heavy atom. The summed E-state index contributed by atoms with van der Waals surface area (Å²) in [4.78, 5) is 5.08. The fourth-order valence-electron chi connectivity index (χ4n) is 4.18. The molecule has 27 heavy (non-hydrogen) atoms. The van der Waals surface area contributed by atoms with Gasteiger partial charge in [-0.3, -0.25) is 4.98 Å². The number of benzene rings is 1. The highest BCUT2D eigenvalue weighted by Gasteiger charge is 2.21. The molecule has 4 nitrogen and oxygen atoms in total. The quantitative estimate of drug-likeness (QED) is 0.427. The van der Waals surface area contributed by atoms with Crippen molar-refractivity contribution < 1.29 is 9.47 Å². The molecule has 0 amide bonds. The van der Waals surface area contributed by atoms with Gasteiger partial charge in [-0.1, -0.05) is 25.7 Å². The van der Waals surface area contributed by atoms with E-state index in [4.69, 9.17) is 20.2 Å². The van der Waals surface area contributed by atoms with E-state index in [2.05, 4.69) is 26.0 Å². The summed E-state index contributed by atoms with van der Waals surface area (Å²) in [6.45, 7) is 4.51. The Morgan fingerprint density at radius 1 is 1.04 bits per heavy atom. The molecule has 4 heteroatoms. The van der Waals surface area contributed by atoms with Crippen LogP contribution >= 0.6 is 0 Å². The first-order valence-electron chi connectivity index (χ1n) is 10.1. The van der Waals surface area contributed by atoms with Gasteiger partial charge in [-0.25, -0.2) is 0 Å². The zero-order valence-electron chi connectivity index (χ0n) is 16.9. The average Bonchev–Trinajstić information content (AvgIpc) is 2.92. The molecule has 0 radical (unpaired) electrons. The van der Waals surface area contributed by atoms with Gasteiger partial charge in [0.25, 0.3) is 0 Å². The largest absolute Gasteiger partial charge is 0.466 e. The number of hydrogen-bond donors (Lipinski definition) is 1. The maximum Gasteiger partial charge on any atom is 0.188 e. The van der Waals surface area contributed by atoms with Gasteiger partial charge in [-0.15, -0.1) is 0 Å². The topological polar surface area (TPSA) is 57.4 Å². The number of ether oxygens (including phenoxy) is 2. The Balaban J connectivity index is 1.91. The molecule has 0 spiro atoms. The number of hydrogen-bond acceptors (Lipinski definition) is 4. The Kier molecular flexibility index (Phi) is 6.73. The summed E-state index contributed by atoms with van der Waals surface area (Å²) in [7, 11) is 1.65. The lowest BCUT2D eigenvalue weighted by Gasteiger charge is -2.19. The van der Waals surface area contributed by atoms with Crippen LogP contribution in [0.3, 0.4) is 0 Å². The molecule has 1 saturated carbocycles. The summed E-state index contributed by atoms with van der Waals surface area (Å²) in [5.74, 6) is 1.35. The minimum absolute atomic E-state index is 0.261. The highest BCUT2D eigenvalue weighted by atomic mass is 16.7. The van der Waals surface area contributed by atoms with Crippen LogP contribution < -0.4 is 10.5 Å². The van der Waals surface area contributed by atoms with E-state index in [-0.39, 0.29) is 6.79 Å². The van der Waals surface area contributed by atoms with Gasteiger partial charge in [-0.2, -0.15) is 0 Å². The van der Waals surface area contributed by atoms with Crippen LogP contribution in [0.4, 0.5) is 5.69 Å². The number of rotatable bonds is 6. The van der Waals surface area contributed by atoms with Crippen molar-refractivity contribution in [3.63, 3.8) is 0 Å². The van der Waals surface area contributed by atoms with E-state index in [1.165, 1.54) is 55.2 Å². The fourth-order valence-corrected chi connectivity index (χ4v) is 4.18. The van der Waals surface area contributed by atoms with Gasteiger partial charge in [0.05, 0.1) is 5.69 Å². The van der Waals surface area contributed by atoms with Crippen molar-refractivity contribution in [3.8, 4) is 5.75 Å². The molecule has 2 N–H and O–H groups in total. The number of aryl methyl sites for hydroxylation is 2. The molecule has 1 aliphatic carbocycles. The predicted molar refractivity (Wildman–Crippen MR) is 110 cm³/mol. The Labute approximate surface area is 163 Å². The van der Waals surface area contributed by atoms with Gasteiger partial charge in [0, 0.05) is 30.8 Å². The van der Waals surface area contributed by atoms with Crippen molar-refractivity contribution >= 4 is 5.69 Å². The molecule has 0 aliphatic heterocycles. The van der Waals surface area contributed by atoms with Gasteiger partial charge in [-0.05, 0) is 67.6 Å². The lowest BCUT2D eigenvalue weighted by molar-refractivity contribution is 0.0497. The summed E-state index contributed by atoms with van der Waals surface area (Å²) in [5, 5.41) is 0. The van der Waals surface area contributed by atoms with Crippen LogP contribution in [-0.2, 0) is 11.2 Å². The van der Waals surface area contributed by atoms with Crippen molar-refractivity contribution in [2.75, 3.05) is 19.6 Å². The Bertz CT molecular complexity index is 742. The van der Waals surface area contributed by atoms with Crippen molar-refractivity contribution in [2.24, 2.45) is 0 Å². The van der Waals surface area contributed by atoms with E-state index in [9.17, 15) is 0 Å². The molecular weight excluding hydrogens is 336 g/mol. The van der Waals surface area contributed by atoms with E-state index in [0.717, 1.165) is 29.2 Å².